The van der Waals surface area contributed by atoms with Crippen LogP contribution in [0, 0.1) is 34.5 Å². The zero-order chi connectivity index (χ0) is 20.2. The van der Waals surface area contributed by atoms with E-state index in [0.29, 0.717) is 36.8 Å². The zero-order valence-corrected chi connectivity index (χ0v) is 15.8. The molecule has 1 aromatic heterocycles. The molecule has 2 aliphatic rings. The third-order valence-corrected chi connectivity index (χ3v) is 5.20. The second-order valence-electron chi connectivity index (χ2n) is 7.25. The van der Waals surface area contributed by atoms with E-state index in [-0.39, 0.29) is 23.8 Å². The van der Waals surface area contributed by atoms with Crippen LogP contribution in [0.15, 0.2) is 36.5 Å². The predicted molar refractivity (Wildman–Crippen MR) is 105 cm³/mol. The summed E-state index contributed by atoms with van der Waals surface area (Å²) >= 11 is 0. The minimum atomic E-state index is -0.253. The van der Waals surface area contributed by atoms with Crippen LogP contribution in [-0.4, -0.2) is 30.2 Å². The highest BCUT2D eigenvalue weighted by Gasteiger charge is 2.43. The molecule has 0 radical (unpaired) electrons. The molecule has 2 atom stereocenters. The van der Waals surface area contributed by atoms with E-state index in [4.69, 9.17) is 14.7 Å². The molecule has 0 spiro atoms. The molecular formula is C22H20N4O3. The number of ether oxygens (including phenoxy) is 2. The monoisotopic (exact) mass is 388 g/mol. The summed E-state index contributed by atoms with van der Waals surface area (Å²) in [6.07, 6.45) is 3.89. The highest BCUT2D eigenvalue weighted by atomic mass is 16.5. The molecule has 146 valence electrons. The first-order chi connectivity index (χ1) is 14.2. The fourth-order valence-electron chi connectivity index (χ4n) is 3.40. The lowest BCUT2D eigenvalue weighted by atomic mass is 10.0. The number of hydrogen-bond acceptors (Lipinski definition) is 6. The number of pyridine rings is 1. The van der Waals surface area contributed by atoms with E-state index in [1.165, 1.54) is 0 Å². The van der Waals surface area contributed by atoms with Gasteiger partial charge in [-0.15, -0.1) is 0 Å². The topological polar surface area (TPSA) is 108 Å². The molecule has 1 saturated heterocycles. The summed E-state index contributed by atoms with van der Waals surface area (Å²) < 4.78 is 11.3. The third-order valence-electron chi connectivity index (χ3n) is 5.20. The molecule has 2 fully saturated rings. The lowest BCUT2D eigenvalue weighted by Gasteiger charge is -2.23. The van der Waals surface area contributed by atoms with Crippen molar-refractivity contribution in [2.45, 2.75) is 25.4 Å². The molecule has 1 N–H and O–H groups in total. The number of carbonyl (C=O) groups excluding carboxylic acids is 1. The highest BCUT2D eigenvalue weighted by molar-refractivity contribution is 5.94. The maximum absolute atomic E-state index is 12.2. The van der Waals surface area contributed by atoms with Crippen molar-refractivity contribution in [2.24, 2.45) is 11.8 Å². The number of nitrogens with zero attached hydrogens (tertiary/aromatic N) is 3. The minimum Gasteiger partial charge on any atom is -0.489 e. The average Bonchev–Trinajstić information content (AvgIpc) is 3.55. The van der Waals surface area contributed by atoms with Crippen LogP contribution < -0.4 is 10.1 Å². The first-order valence-electron chi connectivity index (χ1n) is 9.63. The molecule has 1 aliphatic carbocycles. The first-order valence-corrected chi connectivity index (χ1v) is 9.63. The number of nitrogens with one attached hydrogen (secondary N) is 1. The number of amides is 1. The van der Waals surface area contributed by atoms with Crippen molar-refractivity contribution in [1.82, 2.24) is 4.98 Å². The Morgan fingerprint density at radius 2 is 1.97 bits per heavy atom. The maximum atomic E-state index is 12.2. The average molecular weight is 388 g/mol. The molecule has 2 aromatic rings. The molecule has 7 nitrogen and oxygen atoms in total. The van der Waals surface area contributed by atoms with Gasteiger partial charge in [0, 0.05) is 19.0 Å². The van der Waals surface area contributed by atoms with Crippen molar-refractivity contribution in [3.05, 3.63) is 42.1 Å². The number of nitriles is 2. The lowest BCUT2D eigenvalue weighted by molar-refractivity contribution is -0.117. The fourth-order valence-corrected chi connectivity index (χ4v) is 3.40. The molecule has 1 saturated carbocycles. The second kappa shape index (κ2) is 8.30. The van der Waals surface area contributed by atoms with Gasteiger partial charge in [0.1, 0.15) is 23.7 Å². The van der Waals surface area contributed by atoms with Crippen LogP contribution in [0.2, 0.25) is 0 Å². The SMILES string of the molecule is N#Cc1cc(-c2ccnc(NC(=O)[C@@H]3CC3C#N)c2)ccc1OC1CCOCC1. The Labute approximate surface area is 168 Å². The summed E-state index contributed by atoms with van der Waals surface area (Å²) in [7, 11) is 0. The second-order valence-corrected chi connectivity index (χ2v) is 7.25. The standard InChI is InChI=1S/C22H20N4O3/c23-12-16-10-19(16)22(27)26-21-11-15(3-6-25-21)14-1-2-20(17(9-14)13-24)29-18-4-7-28-8-5-18/h1-3,6,9,11,16,18-19H,4-5,7-8,10H2,(H,25,26,27)/t16?,19-/m1/s1. The largest absolute Gasteiger partial charge is 0.489 e. The van der Waals surface area contributed by atoms with Crippen LogP contribution in [0.25, 0.3) is 11.1 Å². The van der Waals surface area contributed by atoms with Crippen LogP contribution >= 0.6 is 0 Å². The Morgan fingerprint density at radius 1 is 1.17 bits per heavy atom. The number of benzene rings is 1. The summed E-state index contributed by atoms with van der Waals surface area (Å²) in [5, 5.41) is 21.2. The highest BCUT2D eigenvalue weighted by Crippen LogP contribution is 2.38. The van der Waals surface area contributed by atoms with Gasteiger partial charge in [0.05, 0.1) is 36.7 Å². The van der Waals surface area contributed by atoms with Crippen LogP contribution in [-0.2, 0) is 9.53 Å². The van der Waals surface area contributed by atoms with Crippen LogP contribution in [0.5, 0.6) is 5.75 Å². The van der Waals surface area contributed by atoms with Crippen LogP contribution in [0.4, 0.5) is 5.82 Å². The molecule has 1 aliphatic heterocycles. The van der Waals surface area contributed by atoms with Gasteiger partial charge in [-0.25, -0.2) is 4.98 Å². The minimum absolute atomic E-state index is 0.0594. The first kappa shape index (κ1) is 18.9. The van der Waals surface area contributed by atoms with Crippen LogP contribution in [0.1, 0.15) is 24.8 Å². The molecule has 2 heterocycles. The normalized spacial score (nSPS) is 20.9. The molecule has 1 amide bonds. The maximum Gasteiger partial charge on any atom is 0.230 e. The quantitative estimate of drug-likeness (QED) is 0.842. The Bertz CT molecular complexity index is 1000. The molecule has 29 heavy (non-hydrogen) atoms. The van der Waals surface area contributed by atoms with Crippen molar-refractivity contribution in [2.75, 3.05) is 18.5 Å². The van der Waals surface area contributed by atoms with E-state index in [1.54, 1.807) is 18.3 Å². The third kappa shape index (κ3) is 4.37. The Hall–Kier alpha value is -3.42. The summed E-state index contributed by atoms with van der Waals surface area (Å²) in [5.74, 6) is 0.371. The fraction of sp³-hybridized carbons (Fsp3) is 0.364. The van der Waals surface area contributed by atoms with Gasteiger partial charge >= 0.3 is 0 Å². The van der Waals surface area contributed by atoms with Crippen molar-refractivity contribution in [3.63, 3.8) is 0 Å². The van der Waals surface area contributed by atoms with Gasteiger partial charge in [0.15, 0.2) is 0 Å². The predicted octanol–water partition coefficient (Wildman–Crippen LogP) is 3.28. The Balaban J connectivity index is 1.50. The van der Waals surface area contributed by atoms with Crippen molar-refractivity contribution in [1.29, 1.82) is 10.5 Å². The van der Waals surface area contributed by atoms with Crippen molar-refractivity contribution >= 4 is 11.7 Å². The van der Waals surface area contributed by atoms with E-state index >= 15 is 0 Å². The summed E-state index contributed by atoms with van der Waals surface area (Å²) in [4.78, 5) is 16.3. The molecule has 7 heteroatoms. The van der Waals surface area contributed by atoms with E-state index < -0.39 is 0 Å². The van der Waals surface area contributed by atoms with E-state index in [1.807, 2.05) is 18.2 Å². The van der Waals surface area contributed by atoms with Gasteiger partial charge in [-0.2, -0.15) is 10.5 Å². The molecule has 1 unspecified atom stereocenters. The van der Waals surface area contributed by atoms with Gasteiger partial charge in [0.25, 0.3) is 0 Å². The number of carbonyl (C=O) groups is 1. The van der Waals surface area contributed by atoms with Crippen LogP contribution in [0.3, 0.4) is 0 Å². The van der Waals surface area contributed by atoms with Gasteiger partial charge in [0.2, 0.25) is 5.91 Å². The zero-order valence-electron chi connectivity index (χ0n) is 15.8. The van der Waals surface area contributed by atoms with E-state index in [0.717, 1.165) is 24.0 Å². The molecule has 0 bridgehead atoms. The lowest BCUT2D eigenvalue weighted by Crippen LogP contribution is -2.26. The smallest absolute Gasteiger partial charge is 0.230 e. The van der Waals surface area contributed by atoms with Gasteiger partial charge < -0.3 is 14.8 Å². The summed E-state index contributed by atoms with van der Waals surface area (Å²) in [6.45, 7) is 1.35. The summed E-state index contributed by atoms with van der Waals surface area (Å²) in [5.41, 5.74) is 2.13. The molecule has 1 aromatic carbocycles. The summed E-state index contributed by atoms with van der Waals surface area (Å²) in [6, 6.07) is 13.4. The van der Waals surface area contributed by atoms with Crippen molar-refractivity contribution in [3.8, 4) is 29.0 Å². The van der Waals surface area contributed by atoms with Gasteiger partial charge in [-0.3, -0.25) is 4.79 Å². The number of aromatic nitrogens is 1. The Morgan fingerprint density at radius 3 is 2.69 bits per heavy atom. The Kier molecular flexibility index (Phi) is 5.41. The number of anilines is 1. The molecular weight excluding hydrogens is 368 g/mol. The van der Waals surface area contributed by atoms with Crippen molar-refractivity contribution < 1.29 is 14.3 Å². The van der Waals surface area contributed by atoms with E-state index in [2.05, 4.69) is 22.4 Å². The number of hydrogen-bond donors (Lipinski definition) is 1. The van der Waals surface area contributed by atoms with Gasteiger partial charge in [-0.05, 0) is 41.8 Å². The van der Waals surface area contributed by atoms with Gasteiger partial charge in [-0.1, -0.05) is 6.07 Å². The van der Waals surface area contributed by atoms with E-state index in [9.17, 15) is 10.1 Å². The number of rotatable bonds is 5. The molecule has 4 rings (SSSR count).